The molecule has 1 fully saturated rings. The van der Waals surface area contributed by atoms with Gasteiger partial charge in [0.2, 0.25) is 5.91 Å². The number of likely N-dealkylation sites (N-methyl/N-ethyl adjacent to an activating group) is 1. The van der Waals surface area contributed by atoms with E-state index in [1.165, 1.54) is 5.56 Å². The van der Waals surface area contributed by atoms with E-state index >= 15 is 0 Å². The summed E-state index contributed by atoms with van der Waals surface area (Å²) in [5.74, 6) is 0.0324. The number of hydrogen-bond acceptors (Lipinski definition) is 4. The second kappa shape index (κ2) is 7.02. The fourth-order valence-corrected chi connectivity index (χ4v) is 2.81. The topological polar surface area (TPSA) is 61.6 Å². The Hall–Kier alpha value is -1.43. The molecule has 116 valence electrons. The van der Waals surface area contributed by atoms with Crippen molar-refractivity contribution < 1.29 is 4.79 Å². The third-order valence-electron chi connectivity index (χ3n) is 4.08. The zero-order valence-electron chi connectivity index (χ0n) is 13.2. The van der Waals surface area contributed by atoms with Crippen molar-refractivity contribution in [2.24, 2.45) is 5.73 Å². The highest BCUT2D eigenvalue weighted by molar-refractivity contribution is 5.93. The lowest BCUT2D eigenvalue weighted by molar-refractivity contribution is -0.118. The number of benzene rings is 1. The molecule has 0 spiro atoms. The van der Waals surface area contributed by atoms with Gasteiger partial charge in [0.15, 0.2) is 0 Å². The lowest BCUT2D eigenvalue weighted by Crippen LogP contribution is -2.56. The van der Waals surface area contributed by atoms with E-state index in [1.54, 1.807) is 0 Å². The molecule has 1 saturated heterocycles. The monoisotopic (exact) mass is 290 g/mol. The van der Waals surface area contributed by atoms with Crippen molar-refractivity contribution in [2.45, 2.75) is 19.9 Å². The summed E-state index contributed by atoms with van der Waals surface area (Å²) < 4.78 is 0. The van der Waals surface area contributed by atoms with Crippen molar-refractivity contribution in [1.29, 1.82) is 0 Å². The average molecular weight is 290 g/mol. The van der Waals surface area contributed by atoms with Crippen LogP contribution in [0, 0.1) is 13.8 Å². The number of carbonyl (C=O) groups is 1. The van der Waals surface area contributed by atoms with Crippen molar-refractivity contribution in [3.05, 3.63) is 29.3 Å². The molecule has 0 aromatic heterocycles. The van der Waals surface area contributed by atoms with Gasteiger partial charge >= 0.3 is 0 Å². The normalized spacial score (nSPS) is 20.5. The van der Waals surface area contributed by atoms with Crippen LogP contribution in [0.4, 0.5) is 5.69 Å². The van der Waals surface area contributed by atoms with Crippen LogP contribution in [0.5, 0.6) is 0 Å². The van der Waals surface area contributed by atoms with Crippen LogP contribution in [0.3, 0.4) is 0 Å². The van der Waals surface area contributed by atoms with Gasteiger partial charge in [-0.2, -0.15) is 0 Å². The second-order valence-corrected chi connectivity index (χ2v) is 5.99. The molecule has 1 aromatic carbocycles. The summed E-state index contributed by atoms with van der Waals surface area (Å²) in [6.45, 7) is 7.85. The summed E-state index contributed by atoms with van der Waals surface area (Å²) >= 11 is 0. The van der Waals surface area contributed by atoms with Crippen LogP contribution in [0.25, 0.3) is 0 Å². The number of hydrogen-bond donors (Lipinski definition) is 2. The van der Waals surface area contributed by atoms with Gasteiger partial charge < -0.3 is 16.0 Å². The zero-order chi connectivity index (χ0) is 15.4. The van der Waals surface area contributed by atoms with E-state index in [2.05, 4.69) is 35.2 Å². The summed E-state index contributed by atoms with van der Waals surface area (Å²) in [5.41, 5.74) is 9.01. The number of anilines is 1. The number of nitrogens with one attached hydrogen (secondary N) is 1. The van der Waals surface area contributed by atoms with Gasteiger partial charge in [-0.1, -0.05) is 17.7 Å². The third-order valence-corrected chi connectivity index (χ3v) is 4.08. The van der Waals surface area contributed by atoms with Crippen molar-refractivity contribution in [3.8, 4) is 0 Å². The van der Waals surface area contributed by atoms with E-state index in [1.807, 2.05) is 19.1 Å². The van der Waals surface area contributed by atoms with E-state index in [9.17, 15) is 4.79 Å². The first-order valence-corrected chi connectivity index (χ1v) is 7.49. The Bertz CT molecular complexity index is 503. The van der Waals surface area contributed by atoms with Crippen molar-refractivity contribution in [3.63, 3.8) is 0 Å². The first kappa shape index (κ1) is 15.9. The maximum atomic E-state index is 12.3. The van der Waals surface area contributed by atoms with E-state index < -0.39 is 0 Å². The predicted molar refractivity (Wildman–Crippen MR) is 86.5 cm³/mol. The maximum Gasteiger partial charge on any atom is 0.238 e. The molecule has 0 bridgehead atoms. The quantitative estimate of drug-likeness (QED) is 0.862. The summed E-state index contributed by atoms with van der Waals surface area (Å²) in [7, 11) is 2.09. The molecular formula is C16H26N4O. The van der Waals surface area contributed by atoms with E-state index in [0.29, 0.717) is 13.1 Å². The Morgan fingerprint density at radius 2 is 2.14 bits per heavy atom. The van der Waals surface area contributed by atoms with Gasteiger partial charge in [-0.25, -0.2) is 0 Å². The van der Waals surface area contributed by atoms with Crippen LogP contribution in [0.2, 0.25) is 0 Å². The van der Waals surface area contributed by atoms with Gasteiger partial charge in [-0.05, 0) is 32.5 Å². The summed E-state index contributed by atoms with van der Waals surface area (Å²) in [4.78, 5) is 16.7. The number of piperazine rings is 1. The lowest BCUT2D eigenvalue weighted by atomic mass is 10.1. The minimum atomic E-state index is 0.0324. The van der Waals surface area contributed by atoms with Gasteiger partial charge in [0.25, 0.3) is 0 Å². The summed E-state index contributed by atoms with van der Waals surface area (Å²) in [6.07, 6.45) is 0. The number of aryl methyl sites for hydroxylation is 2. The highest BCUT2D eigenvalue weighted by Crippen LogP contribution is 2.16. The van der Waals surface area contributed by atoms with Crippen LogP contribution in [-0.4, -0.2) is 61.5 Å². The first-order valence-electron chi connectivity index (χ1n) is 7.49. The molecule has 1 heterocycles. The predicted octanol–water partition coefficient (Wildman–Crippen LogP) is 0.817. The third kappa shape index (κ3) is 4.27. The maximum absolute atomic E-state index is 12.3. The first-order chi connectivity index (χ1) is 9.99. The molecule has 1 atom stereocenters. The van der Waals surface area contributed by atoms with Crippen LogP contribution in [0.15, 0.2) is 18.2 Å². The Balaban J connectivity index is 1.94. The van der Waals surface area contributed by atoms with Crippen LogP contribution in [-0.2, 0) is 4.79 Å². The van der Waals surface area contributed by atoms with Crippen LogP contribution < -0.4 is 11.1 Å². The van der Waals surface area contributed by atoms with Gasteiger partial charge in [-0.15, -0.1) is 0 Å². The standard InChI is InChI=1S/C16H26N4O/c1-12-4-5-15(13(2)8-12)18-16(21)11-20-7-6-19(3)10-14(20)9-17/h4-5,8,14H,6-7,9-11,17H2,1-3H3,(H,18,21). The number of rotatable bonds is 4. The lowest BCUT2D eigenvalue weighted by Gasteiger charge is -2.39. The zero-order valence-corrected chi connectivity index (χ0v) is 13.2. The van der Waals surface area contributed by atoms with Crippen LogP contribution in [0.1, 0.15) is 11.1 Å². The van der Waals surface area contributed by atoms with Gasteiger partial charge in [0.1, 0.15) is 0 Å². The molecular weight excluding hydrogens is 264 g/mol. The van der Waals surface area contributed by atoms with E-state index in [0.717, 1.165) is 30.9 Å². The van der Waals surface area contributed by atoms with Gasteiger partial charge in [0, 0.05) is 37.9 Å². The molecule has 1 aliphatic rings. The van der Waals surface area contributed by atoms with Crippen molar-refractivity contribution in [1.82, 2.24) is 9.80 Å². The molecule has 2 rings (SSSR count). The van der Waals surface area contributed by atoms with Crippen molar-refractivity contribution >= 4 is 11.6 Å². The Kier molecular flexibility index (Phi) is 5.33. The summed E-state index contributed by atoms with van der Waals surface area (Å²) in [6, 6.07) is 6.32. The molecule has 1 amide bonds. The van der Waals surface area contributed by atoms with Crippen LogP contribution >= 0.6 is 0 Å². The second-order valence-electron chi connectivity index (χ2n) is 5.99. The van der Waals surface area contributed by atoms with Crippen molar-refractivity contribution in [2.75, 3.05) is 45.1 Å². The number of carbonyl (C=O) groups excluding carboxylic acids is 1. The van der Waals surface area contributed by atoms with Gasteiger partial charge in [0.05, 0.1) is 6.54 Å². The molecule has 5 heteroatoms. The molecule has 1 unspecified atom stereocenters. The SMILES string of the molecule is Cc1ccc(NC(=O)CN2CCN(C)CC2CN)c(C)c1. The average Bonchev–Trinajstić information content (AvgIpc) is 2.44. The molecule has 5 nitrogen and oxygen atoms in total. The highest BCUT2D eigenvalue weighted by atomic mass is 16.2. The number of nitrogens with two attached hydrogens (primary N) is 1. The fraction of sp³-hybridized carbons (Fsp3) is 0.562. The largest absolute Gasteiger partial charge is 0.329 e. The molecule has 1 aliphatic heterocycles. The molecule has 21 heavy (non-hydrogen) atoms. The minimum absolute atomic E-state index is 0.0324. The molecule has 1 aromatic rings. The highest BCUT2D eigenvalue weighted by Gasteiger charge is 2.25. The fourth-order valence-electron chi connectivity index (χ4n) is 2.81. The number of amides is 1. The minimum Gasteiger partial charge on any atom is -0.329 e. The number of nitrogens with zero attached hydrogens (tertiary/aromatic N) is 2. The van der Waals surface area contributed by atoms with Gasteiger partial charge in [-0.3, -0.25) is 9.69 Å². The molecule has 0 saturated carbocycles. The molecule has 3 N–H and O–H groups in total. The summed E-state index contributed by atoms with van der Waals surface area (Å²) in [5, 5.41) is 3.01. The molecule has 0 radical (unpaired) electrons. The smallest absolute Gasteiger partial charge is 0.238 e. The van der Waals surface area contributed by atoms with E-state index in [4.69, 9.17) is 5.73 Å². The Morgan fingerprint density at radius 3 is 2.81 bits per heavy atom. The Morgan fingerprint density at radius 1 is 1.38 bits per heavy atom. The Labute approximate surface area is 127 Å². The van der Waals surface area contributed by atoms with E-state index in [-0.39, 0.29) is 11.9 Å². The molecule has 0 aliphatic carbocycles.